The van der Waals surface area contributed by atoms with Crippen LogP contribution in [0.4, 0.5) is 15.8 Å². The molecule has 0 bridgehead atoms. The minimum absolute atomic E-state index is 0.0203. The minimum atomic E-state index is -3.86. The molecule has 3 aromatic carbocycles. The summed E-state index contributed by atoms with van der Waals surface area (Å²) in [5, 5.41) is 0. The Hall–Kier alpha value is -3.39. The summed E-state index contributed by atoms with van der Waals surface area (Å²) in [5.74, 6) is -0.543. The normalized spacial score (nSPS) is 14.3. The number of rotatable bonds is 5. The van der Waals surface area contributed by atoms with E-state index in [-0.39, 0.29) is 16.4 Å². The summed E-state index contributed by atoms with van der Waals surface area (Å²) in [6.45, 7) is 6.31. The first kappa shape index (κ1) is 22.8. The highest BCUT2D eigenvalue weighted by atomic mass is 32.2. The van der Waals surface area contributed by atoms with Crippen LogP contribution in [0.15, 0.2) is 71.6 Å². The second-order valence-electron chi connectivity index (χ2n) is 8.21. The molecule has 4 rings (SSSR count). The molecular formula is C25H26FN3O3S. The SMILES string of the molecule is Cc1cccc(N2CCN(C(=O)c3ccc(NS(=O)(=O)c4ccc(F)c(C)c4)cc3)CC2)c1. The van der Waals surface area contributed by atoms with Gasteiger partial charge in [0.15, 0.2) is 0 Å². The Morgan fingerprint density at radius 3 is 2.24 bits per heavy atom. The molecule has 1 saturated heterocycles. The molecule has 0 aromatic heterocycles. The number of aryl methyl sites for hydroxylation is 2. The molecule has 0 spiro atoms. The van der Waals surface area contributed by atoms with Crippen LogP contribution in [-0.2, 0) is 10.0 Å². The predicted octanol–water partition coefficient (Wildman–Crippen LogP) is 4.21. The van der Waals surface area contributed by atoms with Gasteiger partial charge in [-0.05, 0) is 79.6 Å². The fraction of sp³-hybridized carbons (Fsp3) is 0.240. The lowest BCUT2D eigenvalue weighted by molar-refractivity contribution is 0.0747. The van der Waals surface area contributed by atoms with E-state index in [1.54, 1.807) is 24.3 Å². The standard InChI is InChI=1S/C25H26FN3O3S/c1-18-4-3-5-22(16-18)28-12-14-29(15-13-28)25(30)20-6-8-21(9-7-20)27-33(31,32)23-10-11-24(26)19(2)17-23/h3-11,16-17,27H,12-15H2,1-2H3. The highest BCUT2D eigenvalue weighted by Crippen LogP contribution is 2.21. The van der Waals surface area contributed by atoms with E-state index >= 15 is 0 Å². The number of nitrogens with zero attached hydrogens (tertiary/aromatic N) is 2. The van der Waals surface area contributed by atoms with Crippen LogP contribution in [-0.4, -0.2) is 45.4 Å². The van der Waals surface area contributed by atoms with Crippen LogP contribution in [0.1, 0.15) is 21.5 Å². The smallest absolute Gasteiger partial charge is 0.261 e. The van der Waals surface area contributed by atoms with E-state index < -0.39 is 15.8 Å². The van der Waals surface area contributed by atoms with Crippen molar-refractivity contribution in [2.75, 3.05) is 35.8 Å². The van der Waals surface area contributed by atoms with Gasteiger partial charge in [-0.25, -0.2) is 12.8 Å². The second-order valence-corrected chi connectivity index (χ2v) is 9.89. The minimum Gasteiger partial charge on any atom is -0.368 e. The number of carbonyl (C=O) groups excluding carboxylic acids is 1. The van der Waals surface area contributed by atoms with Gasteiger partial charge in [-0.1, -0.05) is 12.1 Å². The number of halogens is 1. The number of hydrogen-bond donors (Lipinski definition) is 1. The van der Waals surface area contributed by atoms with Crippen molar-refractivity contribution >= 4 is 27.3 Å². The summed E-state index contributed by atoms with van der Waals surface area (Å²) >= 11 is 0. The third-order valence-corrected chi connectivity index (χ3v) is 7.14. The zero-order valence-electron chi connectivity index (χ0n) is 18.6. The van der Waals surface area contributed by atoms with Gasteiger partial charge in [0.2, 0.25) is 0 Å². The van der Waals surface area contributed by atoms with Gasteiger partial charge in [0.05, 0.1) is 4.90 Å². The lowest BCUT2D eigenvalue weighted by Gasteiger charge is -2.36. The van der Waals surface area contributed by atoms with Gasteiger partial charge in [0.25, 0.3) is 15.9 Å². The van der Waals surface area contributed by atoms with Crippen molar-refractivity contribution in [3.63, 3.8) is 0 Å². The highest BCUT2D eigenvalue weighted by molar-refractivity contribution is 7.92. The van der Waals surface area contributed by atoms with Crippen molar-refractivity contribution in [3.05, 3.63) is 89.2 Å². The molecule has 1 aliphatic rings. The Morgan fingerprint density at radius 2 is 1.61 bits per heavy atom. The van der Waals surface area contributed by atoms with E-state index in [0.29, 0.717) is 24.3 Å². The zero-order chi connectivity index (χ0) is 23.6. The molecule has 1 heterocycles. The number of nitrogens with one attached hydrogen (secondary N) is 1. The van der Waals surface area contributed by atoms with Gasteiger partial charge in [-0.3, -0.25) is 9.52 Å². The summed E-state index contributed by atoms with van der Waals surface area (Å²) in [7, 11) is -3.86. The maximum atomic E-state index is 13.5. The van der Waals surface area contributed by atoms with Crippen molar-refractivity contribution in [3.8, 4) is 0 Å². The molecule has 33 heavy (non-hydrogen) atoms. The Labute approximate surface area is 193 Å². The van der Waals surface area contributed by atoms with Crippen molar-refractivity contribution in [2.24, 2.45) is 0 Å². The first-order valence-electron chi connectivity index (χ1n) is 10.7. The van der Waals surface area contributed by atoms with E-state index in [0.717, 1.165) is 24.8 Å². The number of carbonyl (C=O) groups is 1. The van der Waals surface area contributed by atoms with E-state index in [4.69, 9.17) is 0 Å². The molecule has 1 fully saturated rings. The van der Waals surface area contributed by atoms with Crippen molar-refractivity contribution in [2.45, 2.75) is 18.7 Å². The Morgan fingerprint density at radius 1 is 0.909 bits per heavy atom. The molecular weight excluding hydrogens is 441 g/mol. The van der Waals surface area contributed by atoms with Crippen LogP contribution in [0.25, 0.3) is 0 Å². The van der Waals surface area contributed by atoms with Gasteiger partial charge < -0.3 is 9.80 Å². The number of amides is 1. The number of anilines is 2. The molecule has 0 saturated carbocycles. The van der Waals surface area contributed by atoms with E-state index in [1.165, 1.54) is 24.6 Å². The average Bonchev–Trinajstić information content (AvgIpc) is 2.81. The first-order valence-corrected chi connectivity index (χ1v) is 12.2. The van der Waals surface area contributed by atoms with Crippen LogP contribution in [0, 0.1) is 19.7 Å². The van der Waals surface area contributed by atoms with E-state index in [2.05, 4.69) is 34.7 Å². The number of hydrogen-bond acceptors (Lipinski definition) is 4. The lowest BCUT2D eigenvalue weighted by atomic mass is 10.1. The van der Waals surface area contributed by atoms with Gasteiger partial charge in [-0.15, -0.1) is 0 Å². The van der Waals surface area contributed by atoms with E-state index in [1.807, 2.05) is 11.0 Å². The lowest BCUT2D eigenvalue weighted by Crippen LogP contribution is -2.48. The monoisotopic (exact) mass is 467 g/mol. The Bertz CT molecular complexity index is 1270. The maximum absolute atomic E-state index is 13.5. The molecule has 8 heteroatoms. The van der Waals surface area contributed by atoms with Crippen molar-refractivity contribution < 1.29 is 17.6 Å². The van der Waals surface area contributed by atoms with Gasteiger partial charge in [0, 0.05) is 43.1 Å². The topological polar surface area (TPSA) is 69.7 Å². The van der Waals surface area contributed by atoms with Crippen LogP contribution in [0.2, 0.25) is 0 Å². The maximum Gasteiger partial charge on any atom is 0.261 e. The van der Waals surface area contributed by atoms with Crippen LogP contribution >= 0.6 is 0 Å². The third kappa shape index (κ3) is 5.17. The van der Waals surface area contributed by atoms with Crippen LogP contribution in [0.3, 0.4) is 0 Å². The molecule has 0 unspecified atom stereocenters. The molecule has 172 valence electrons. The molecule has 3 aromatic rings. The fourth-order valence-corrected chi connectivity index (χ4v) is 5.00. The van der Waals surface area contributed by atoms with Crippen molar-refractivity contribution in [1.29, 1.82) is 0 Å². The molecule has 0 aliphatic carbocycles. The van der Waals surface area contributed by atoms with Gasteiger partial charge >= 0.3 is 0 Å². The summed E-state index contributed by atoms with van der Waals surface area (Å²) in [4.78, 5) is 17.0. The molecule has 0 radical (unpaired) electrons. The van der Waals surface area contributed by atoms with Crippen LogP contribution in [0.5, 0.6) is 0 Å². The Kier molecular flexibility index (Phi) is 6.37. The van der Waals surface area contributed by atoms with Gasteiger partial charge in [0.1, 0.15) is 5.82 Å². The largest absolute Gasteiger partial charge is 0.368 e. The fourth-order valence-electron chi connectivity index (χ4n) is 3.85. The Balaban J connectivity index is 1.39. The quantitative estimate of drug-likeness (QED) is 0.611. The summed E-state index contributed by atoms with van der Waals surface area (Å²) in [6.07, 6.45) is 0. The third-order valence-electron chi connectivity index (χ3n) is 5.76. The summed E-state index contributed by atoms with van der Waals surface area (Å²) < 4.78 is 41.1. The highest BCUT2D eigenvalue weighted by Gasteiger charge is 2.23. The van der Waals surface area contributed by atoms with Gasteiger partial charge in [-0.2, -0.15) is 0 Å². The van der Waals surface area contributed by atoms with Crippen molar-refractivity contribution in [1.82, 2.24) is 4.90 Å². The predicted molar refractivity (Wildman–Crippen MR) is 128 cm³/mol. The zero-order valence-corrected chi connectivity index (χ0v) is 19.4. The summed E-state index contributed by atoms with van der Waals surface area (Å²) in [6, 6.07) is 18.3. The first-order chi connectivity index (χ1) is 15.7. The number of sulfonamides is 1. The number of benzene rings is 3. The second kappa shape index (κ2) is 9.23. The average molecular weight is 468 g/mol. The summed E-state index contributed by atoms with van der Waals surface area (Å²) in [5.41, 5.74) is 3.45. The molecule has 0 atom stereocenters. The molecule has 6 nitrogen and oxygen atoms in total. The molecule has 1 N–H and O–H groups in total. The van der Waals surface area contributed by atoms with Crippen LogP contribution < -0.4 is 9.62 Å². The molecule has 1 amide bonds. The number of piperazine rings is 1. The molecule has 1 aliphatic heterocycles. The van der Waals surface area contributed by atoms with E-state index in [9.17, 15) is 17.6 Å².